The van der Waals surface area contributed by atoms with Gasteiger partial charge in [-0.15, -0.1) is 0 Å². The van der Waals surface area contributed by atoms with Gasteiger partial charge in [0.05, 0.1) is 5.92 Å². The number of carbonyl (C=O) groups excluding carboxylic acids is 3. The van der Waals surface area contributed by atoms with E-state index in [2.05, 4.69) is 5.32 Å². The number of benzene rings is 1. The Morgan fingerprint density at radius 2 is 1.65 bits per heavy atom. The SMILES string of the molecule is CC(=O)[C@@H](Cc1ccccc1)[C@H](C)OC(=O)[C@H](C)NC(=O)OC(C)(C)C. The molecule has 0 radical (unpaired) electrons. The second-order valence-corrected chi connectivity index (χ2v) is 7.42. The van der Waals surface area contributed by atoms with E-state index in [9.17, 15) is 14.4 Å². The molecule has 0 unspecified atom stereocenters. The highest BCUT2D eigenvalue weighted by Crippen LogP contribution is 2.17. The van der Waals surface area contributed by atoms with Crippen LogP contribution >= 0.6 is 0 Å². The van der Waals surface area contributed by atoms with Crippen LogP contribution in [0, 0.1) is 5.92 Å². The number of Topliss-reactive ketones (excluding diaryl/α,β-unsaturated/α-hetero) is 1. The van der Waals surface area contributed by atoms with Gasteiger partial charge >= 0.3 is 12.1 Å². The number of amides is 1. The lowest BCUT2D eigenvalue weighted by molar-refractivity contribution is -0.154. The second kappa shape index (κ2) is 9.36. The number of hydrogen-bond donors (Lipinski definition) is 1. The molecular weight excluding hydrogens is 334 g/mol. The summed E-state index contributed by atoms with van der Waals surface area (Å²) < 4.78 is 10.5. The number of hydrogen-bond acceptors (Lipinski definition) is 5. The van der Waals surface area contributed by atoms with E-state index in [1.807, 2.05) is 30.3 Å². The standard InChI is InChI=1S/C20H29NO5/c1-13(21-19(24)26-20(4,5)6)18(23)25-15(3)17(14(2)22)12-16-10-8-7-9-11-16/h7-11,13,15,17H,12H2,1-6H3,(H,21,24)/t13-,15-,17+/m0/s1. The van der Waals surface area contributed by atoms with E-state index in [4.69, 9.17) is 9.47 Å². The van der Waals surface area contributed by atoms with Crippen LogP contribution in [0.2, 0.25) is 0 Å². The minimum atomic E-state index is -0.878. The summed E-state index contributed by atoms with van der Waals surface area (Å²) in [6.07, 6.45) is -0.816. The Morgan fingerprint density at radius 1 is 1.08 bits per heavy atom. The fraction of sp³-hybridized carbons (Fsp3) is 0.550. The van der Waals surface area contributed by atoms with Gasteiger partial charge in [0.2, 0.25) is 0 Å². The van der Waals surface area contributed by atoms with Gasteiger partial charge in [0, 0.05) is 0 Å². The summed E-state index contributed by atoms with van der Waals surface area (Å²) >= 11 is 0. The third kappa shape index (κ3) is 7.68. The molecule has 0 aliphatic heterocycles. The first-order valence-electron chi connectivity index (χ1n) is 8.74. The molecule has 0 saturated carbocycles. The zero-order valence-electron chi connectivity index (χ0n) is 16.4. The van der Waals surface area contributed by atoms with Crippen molar-refractivity contribution in [2.24, 2.45) is 5.92 Å². The van der Waals surface area contributed by atoms with Crippen molar-refractivity contribution in [2.45, 2.75) is 65.7 Å². The third-order valence-electron chi connectivity index (χ3n) is 3.78. The number of carbonyl (C=O) groups is 3. The van der Waals surface area contributed by atoms with Gasteiger partial charge in [0.15, 0.2) is 0 Å². The van der Waals surface area contributed by atoms with E-state index in [0.29, 0.717) is 6.42 Å². The van der Waals surface area contributed by atoms with E-state index in [0.717, 1.165) is 5.56 Å². The fourth-order valence-corrected chi connectivity index (χ4v) is 2.42. The van der Waals surface area contributed by atoms with Crippen LogP contribution in [0.4, 0.5) is 4.79 Å². The average molecular weight is 363 g/mol. The van der Waals surface area contributed by atoms with Gasteiger partial charge < -0.3 is 14.8 Å². The second-order valence-electron chi connectivity index (χ2n) is 7.42. The highest BCUT2D eigenvalue weighted by atomic mass is 16.6. The van der Waals surface area contributed by atoms with E-state index in [1.165, 1.54) is 13.8 Å². The van der Waals surface area contributed by atoms with Crippen molar-refractivity contribution in [1.82, 2.24) is 5.32 Å². The minimum absolute atomic E-state index is 0.0538. The normalized spacial score (nSPS) is 14.7. The molecule has 1 N–H and O–H groups in total. The molecule has 0 fully saturated rings. The van der Waals surface area contributed by atoms with Crippen LogP contribution in [0.5, 0.6) is 0 Å². The molecular formula is C20H29NO5. The Balaban J connectivity index is 2.64. The topological polar surface area (TPSA) is 81.7 Å². The Labute approximate surface area is 155 Å². The van der Waals surface area contributed by atoms with Crippen molar-refractivity contribution >= 4 is 17.8 Å². The van der Waals surface area contributed by atoms with E-state index in [-0.39, 0.29) is 5.78 Å². The summed E-state index contributed by atoms with van der Waals surface area (Å²) in [5.74, 6) is -1.11. The molecule has 6 heteroatoms. The van der Waals surface area contributed by atoms with Crippen LogP contribution in [0.3, 0.4) is 0 Å². The maximum Gasteiger partial charge on any atom is 0.408 e. The minimum Gasteiger partial charge on any atom is -0.460 e. The summed E-state index contributed by atoms with van der Waals surface area (Å²) in [7, 11) is 0. The average Bonchev–Trinajstić information content (AvgIpc) is 2.51. The van der Waals surface area contributed by atoms with Crippen molar-refractivity contribution in [1.29, 1.82) is 0 Å². The van der Waals surface area contributed by atoms with E-state index < -0.39 is 35.7 Å². The number of nitrogens with one attached hydrogen (secondary N) is 1. The molecule has 1 rings (SSSR count). The Morgan fingerprint density at radius 3 is 2.15 bits per heavy atom. The number of alkyl carbamates (subject to hydrolysis) is 1. The van der Waals surface area contributed by atoms with Crippen LogP contribution in [-0.2, 0) is 25.5 Å². The van der Waals surface area contributed by atoms with Gasteiger partial charge in [-0.3, -0.25) is 4.79 Å². The molecule has 26 heavy (non-hydrogen) atoms. The van der Waals surface area contributed by atoms with Crippen LogP contribution in [0.1, 0.15) is 47.1 Å². The number of ether oxygens (including phenoxy) is 2. The predicted molar refractivity (Wildman–Crippen MR) is 98.7 cm³/mol. The van der Waals surface area contributed by atoms with Crippen LogP contribution in [0.15, 0.2) is 30.3 Å². The Hall–Kier alpha value is -2.37. The van der Waals surface area contributed by atoms with Crippen molar-refractivity contribution in [3.05, 3.63) is 35.9 Å². The summed E-state index contributed by atoms with van der Waals surface area (Å²) in [5, 5.41) is 2.44. The van der Waals surface area contributed by atoms with Crippen molar-refractivity contribution in [3.63, 3.8) is 0 Å². The highest BCUT2D eigenvalue weighted by Gasteiger charge is 2.28. The zero-order chi connectivity index (χ0) is 19.9. The van der Waals surface area contributed by atoms with Crippen LogP contribution in [-0.4, -0.2) is 35.6 Å². The first-order valence-corrected chi connectivity index (χ1v) is 8.74. The molecule has 0 aromatic heterocycles. The lowest BCUT2D eigenvalue weighted by atomic mass is 9.91. The van der Waals surface area contributed by atoms with Gasteiger partial charge in [-0.05, 0) is 53.5 Å². The zero-order valence-corrected chi connectivity index (χ0v) is 16.4. The van der Waals surface area contributed by atoms with Gasteiger partial charge in [-0.1, -0.05) is 30.3 Å². The lowest BCUT2D eigenvalue weighted by Gasteiger charge is -2.25. The maximum absolute atomic E-state index is 12.2. The Bertz CT molecular complexity index is 621. The summed E-state index contributed by atoms with van der Waals surface area (Å²) in [6.45, 7) is 9.89. The van der Waals surface area contributed by atoms with Crippen LogP contribution < -0.4 is 5.32 Å². The fourth-order valence-electron chi connectivity index (χ4n) is 2.42. The van der Waals surface area contributed by atoms with E-state index in [1.54, 1.807) is 27.7 Å². The summed E-state index contributed by atoms with van der Waals surface area (Å²) in [4.78, 5) is 36.0. The molecule has 0 heterocycles. The molecule has 1 amide bonds. The van der Waals surface area contributed by atoms with Gasteiger partial charge in [0.1, 0.15) is 23.5 Å². The molecule has 0 aliphatic rings. The largest absolute Gasteiger partial charge is 0.460 e. The first-order chi connectivity index (χ1) is 12.0. The number of ketones is 1. The number of esters is 1. The van der Waals surface area contributed by atoms with Gasteiger partial charge in [0.25, 0.3) is 0 Å². The third-order valence-corrected chi connectivity index (χ3v) is 3.78. The molecule has 0 aliphatic carbocycles. The Kier molecular flexibility index (Phi) is 7.80. The molecule has 1 aromatic carbocycles. The monoisotopic (exact) mass is 363 g/mol. The maximum atomic E-state index is 12.2. The predicted octanol–water partition coefficient (Wildman–Crippen LogP) is 3.28. The molecule has 3 atom stereocenters. The van der Waals surface area contributed by atoms with Crippen LogP contribution in [0.25, 0.3) is 0 Å². The van der Waals surface area contributed by atoms with Crippen molar-refractivity contribution in [3.8, 4) is 0 Å². The smallest absolute Gasteiger partial charge is 0.408 e. The van der Waals surface area contributed by atoms with Gasteiger partial charge in [-0.25, -0.2) is 9.59 Å². The van der Waals surface area contributed by atoms with Crippen molar-refractivity contribution < 1.29 is 23.9 Å². The molecule has 1 aromatic rings. The van der Waals surface area contributed by atoms with Gasteiger partial charge in [-0.2, -0.15) is 0 Å². The molecule has 144 valence electrons. The lowest BCUT2D eigenvalue weighted by Crippen LogP contribution is -2.44. The highest BCUT2D eigenvalue weighted by molar-refractivity contribution is 5.82. The van der Waals surface area contributed by atoms with E-state index >= 15 is 0 Å². The first kappa shape index (κ1) is 21.7. The summed E-state index contributed by atoms with van der Waals surface area (Å²) in [5.41, 5.74) is 0.340. The van der Waals surface area contributed by atoms with Crippen molar-refractivity contribution in [2.75, 3.05) is 0 Å². The molecule has 0 saturated heterocycles. The quantitative estimate of drug-likeness (QED) is 0.752. The molecule has 6 nitrogen and oxygen atoms in total. The molecule has 0 bridgehead atoms. The number of rotatable bonds is 7. The molecule has 0 spiro atoms. The summed E-state index contributed by atoms with van der Waals surface area (Å²) in [6, 6.07) is 8.68.